The van der Waals surface area contributed by atoms with Crippen molar-refractivity contribution in [2.75, 3.05) is 13.1 Å². The van der Waals surface area contributed by atoms with Gasteiger partial charge in [-0.1, -0.05) is 31.2 Å². The number of nitrogens with one attached hydrogen (secondary N) is 1. The van der Waals surface area contributed by atoms with Crippen molar-refractivity contribution in [2.45, 2.75) is 26.4 Å². The zero-order chi connectivity index (χ0) is 18.1. The number of rotatable bonds is 8. The monoisotopic (exact) mass is 339 g/mol. The molecule has 25 heavy (non-hydrogen) atoms. The molecule has 0 unspecified atom stereocenters. The lowest BCUT2D eigenvalue weighted by atomic mass is 10.1. The summed E-state index contributed by atoms with van der Waals surface area (Å²) in [5.74, 6) is -0.335. The number of halogens is 1. The second-order valence-corrected chi connectivity index (χ2v) is 5.93. The molecular formula is C20H22FN3O. The van der Waals surface area contributed by atoms with Crippen LogP contribution in [0.2, 0.25) is 0 Å². The van der Waals surface area contributed by atoms with Crippen molar-refractivity contribution < 1.29 is 9.18 Å². The molecule has 0 aliphatic rings. The first-order chi connectivity index (χ1) is 12.1. The lowest BCUT2D eigenvalue weighted by Crippen LogP contribution is -2.37. The summed E-state index contributed by atoms with van der Waals surface area (Å²) in [6, 6.07) is 15.8. The summed E-state index contributed by atoms with van der Waals surface area (Å²) in [5, 5.41) is 11.7. The predicted octanol–water partition coefficient (Wildman–Crippen LogP) is 3.23. The molecule has 0 saturated carbocycles. The van der Waals surface area contributed by atoms with Crippen molar-refractivity contribution in [1.82, 2.24) is 10.2 Å². The summed E-state index contributed by atoms with van der Waals surface area (Å²) in [6.07, 6.45) is 0.880. The Morgan fingerprint density at radius 1 is 1.16 bits per heavy atom. The van der Waals surface area contributed by atoms with Crippen LogP contribution in [0.15, 0.2) is 48.5 Å². The fourth-order valence-electron chi connectivity index (χ4n) is 2.53. The standard InChI is InChI=1S/C20H22FN3O/c1-2-10-23-20(25)15-24(14-18-4-3-5-19(21)11-18)13-17-8-6-16(12-22)7-9-17/h3-9,11H,2,10,13-15H2,1H3,(H,23,25). The Labute approximate surface area is 147 Å². The fourth-order valence-corrected chi connectivity index (χ4v) is 2.53. The Hall–Kier alpha value is -2.71. The Morgan fingerprint density at radius 2 is 1.88 bits per heavy atom. The summed E-state index contributed by atoms with van der Waals surface area (Å²) in [5.41, 5.74) is 2.41. The zero-order valence-corrected chi connectivity index (χ0v) is 14.3. The molecule has 2 aromatic rings. The maximum atomic E-state index is 13.4. The molecule has 1 amide bonds. The smallest absolute Gasteiger partial charge is 0.234 e. The SMILES string of the molecule is CCCNC(=O)CN(Cc1ccc(C#N)cc1)Cc1cccc(F)c1. The van der Waals surface area contributed by atoms with E-state index in [1.165, 1.54) is 12.1 Å². The van der Waals surface area contributed by atoms with Crippen molar-refractivity contribution in [3.05, 3.63) is 71.0 Å². The van der Waals surface area contributed by atoms with Gasteiger partial charge >= 0.3 is 0 Å². The third-order valence-electron chi connectivity index (χ3n) is 3.72. The van der Waals surface area contributed by atoms with Crippen LogP contribution in [0.4, 0.5) is 4.39 Å². The normalized spacial score (nSPS) is 10.5. The van der Waals surface area contributed by atoms with Gasteiger partial charge in [-0.3, -0.25) is 9.69 Å². The fraction of sp³-hybridized carbons (Fsp3) is 0.300. The molecule has 4 nitrogen and oxygen atoms in total. The van der Waals surface area contributed by atoms with Gasteiger partial charge in [-0.05, 0) is 41.8 Å². The van der Waals surface area contributed by atoms with Crippen LogP contribution in [0.5, 0.6) is 0 Å². The number of nitriles is 1. The molecule has 0 atom stereocenters. The van der Waals surface area contributed by atoms with Crippen LogP contribution in [-0.4, -0.2) is 23.9 Å². The lowest BCUT2D eigenvalue weighted by Gasteiger charge is -2.22. The molecule has 5 heteroatoms. The molecular weight excluding hydrogens is 317 g/mol. The Bertz CT molecular complexity index is 737. The van der Waals surface area contributed by atoms with Crippen molar-refractivity contribution in [1.29, 1.82) is 5.26 Å². The van der Waals surface area contributed by atoms with E-state index in [9.17, 15) is 9.18 Å². The van der Waals surface area contributed by atoms with Gasteiger partial charge in [0.1, 0.15) is 5.82 Å². The van der Waals surface area contributed by atoms with E-state index in [0.29, 0.717) is 25.2 Å². The Kier molecular flexibility index (Phi) is 7.12. The molecule has 0 aliphatic heterocycles. The van der Waals surface area contributed by atoms with Crippen molar-refractivity contribution in [2.24, 2.45) is 0 Å². The van der Waals surface area contributed by atoms with Crippen LogP contribution in [0, 0.1) is 17.1 Å². The van der Waals surface area contributed by atoms with Crippen LogP contribution in [0.3, 0.4) is 0 Å². The minimum absolute atomic E-state index is 0.0492. The van der Waals surface area contributed by atoms with Crippen LogP contribution < -0.4 is 5.32 Å². The third kappa shape index (κ3) is 6.36. The summed E-state index contributed by atoms with van der Waals surface area (Å²) >= 11 is 0. The molecule has 0 fully saturated rings. The first-order valence-corrected chi connectivity index (χ1v) is 8.33. The number of carbonyl (C=O) groups excluding carboxylic acids is 1. The van der Waals surface area contributed by atoms with Gasteiger partial charge in [0.15, 0.2) is 0 Å². The van der Waals surface area contributed by atoms with Gasteiger partial charge in [-0.15, -0.1) is 0 Å². The predicted molar refractivity (Wildman–Crippen MR) is 95.0 cm³/mol. The molecule has 0 aromatic heterocycles. The highest BCUT2D eigenvalue weighted by molar-refractivity contribution is 5.77. The highest BCUT2D eigenvalue weighted by Crippen LogP contribution is 2.12. The maximum absolute atomic E-state index is 13.4. The van der Waals surface area contributed by atoms with Gasteiger partial charge in [0.2, 0.25) is 5.91 Å². The first kappa shape index (κ1) is 18.6. The number of amides is 1. The zero-order valence-electron chi connectivity index (χ0n) is 14.3. The van der Waals surface area contributed by atoms with E-state index in [1.807, 2.05) is 30.0 Å². The second-order valence-electron chi connectivity index (χ2n) is 5.93. The number of nitrogens with zero attached hydrogens (tertiary/aromatic N) is 2. The summed E-state index contributed by atoms with van der Waals surface area (Å²) in [7, 11) is 0. The van der Waals surface area contributed by atoms with Gasteiger partial charge < -0.3 is 5.32 Å². The average molecular weight is 339 g/mol. The highest BCUT2D eigenvalue weighted by atomic mass is 19.1. The van der Waals surface area contributed by atoms with Gasteiger partial charge in [0, 0.05) is 19.6 Å². The highest BCUT2D eigenvalue weighted by Gasteiger charge is 2.12. The van der Waals surface area contributed by atoms with E-state index in [-0.39, 0.29) is 18.3 Å². The number of carbonyl (C=O) groups is 1. The number of hydrogen-bond acceptors (Lipinski definition) is 3. The van der Waals surface area contributed by atoms with E-state index in [0.717, 1.165) is 17.5 Å². The van der Waals surface area contributed by atoms with Crippen LogP contribution >= 0.6 is 0 Å². The number of hydrogen-bond donors (Lipinski definition) is 1. The van der Waals surface area contributed by atoms with Crippen molar-refractivity contribution >= 4 is 5.91 Å². The first-order valence-electron chi connectivity index (χ1n) is 8.33. The molecule has 0 saturated heterocycles. The third-order valence-corrected chi connectivity index (χ3v) is 3.72. The quantitative estimate of drug-likeness (QED) is 0.803. The van der Waals surface area contributed by atoms with Gasteiger partial charge in [0.05, 0.1) is 18.2 Å². The molecule has 0 aliphatic carbocycles. The van der Waals surface area contributed by atoms with Crippen LogP contribution in [0.1, 0.15) is 30.0 Å². The largest absolute Gasteiger partial charge is 0.355 e. The van der Waals surface area contributed by atoms with E-state index in [4.69, 9.17) is 5.26 Å². The molecule has 0 spiro atoms. The van der Waals surface area contributed by atoms with Crippen molar-refractivity contribution in [3.63, 3.8) is 0 Å². The van der Waals surface area contributed by atoms with E-state index in [2.05, 4.69) is 11.4 Å². The number of benzene rings is 2. The minimum Gasteiger partial charge on any atom is -0.355 e. The molecule has 2 rings (SSSR count). The molecule has 130 valence electrons. The van der Waals surface area contributed by atoms with Gasteiger partial charge in [-0.25, -0.2) is 4.39 Å². The minimum atomic E-state index is -0.286. The average Bonchev–Trinajstić information content (AvgIpc) is 2.60. The molecule has 0 heterocycles. The maximum Gasteiger partial charge on any atom is 0.234 e. The summed E-state index contributed by atoms with van der Waals surface area (Å²) in [6.45, 7) is 3.89. The van der Waals surface area contributed by atoms with Crippen LogP contribution in [-0.2, 0) is 17.9 Å². The summed E-state index contributed by atoms with van der Waals surface area (Å²) in [4.78, 5) is 14.0. The van der Waals surface area contributed by atoms with E-state index in [1.54, 1.807) is 18.2 Å². The molecule has 2 aromatic carbocycles. The van der Waals surface area contributed by atoms with Gasteiger partial charge in [0.25, 0.3) is 0 Å². The second kappa shape index (κ2) is 9.55. The van der Waals surface area contributed by atoms with Crippen molar-refractivity contribution in [3.8, 4) is 6.07 Å². The molecule has 0 radical (unpaired) electrons. The summed E-state index contributed by atoms with van der Waals surface area (Å²) < 4.78 is 13.4. The topological polar surface area (TPSA) is 56.1 Å². The van der Waals surface area contributed by atoms with Gasteiger partial charge in [-0.2, -0.15) is 5.26 Å². The Balaban J connectivity index is 2.09. The molecule has 0 bridgehead atoms. The lowest BCUT2D eigenvalue weighted by molar-refractivity contribution is -0.122. The van der Waals surface area contributed by atoms with E-state index < -0.39 is 0 Å². The molecule has 1 N–H and O–H groups in total. The van der Waals surface area contributed by atoms with Crippen LogP contribution in [0.25, 0.3) is 0 Å². The Morgan fingerprint density at radius 3 is 2.52 bits per heavy atom. The van der Waals surface area contributed by atoms with E-state index >= 15 is 0 Å².